The standard InChI is InChI=1S/C13H18N2O2/c1-10-12(16)15(13(2,3)14-10)17-9-11-7-5-4-6-8-11/h4-8,10,14H,9H2,1-3H3. The number of amides is 1. The Kier molecular flexibility index (Phi) is 3.17. The fourth-order valence-electron chi connectivity index (χ4n) is 2.04. The van der Waals surface area contributed by atoms with E-state index in [1.807, 2.05) is 51.1 Å². The zero-order valence-electron chi connectivity index (χ0n) is 10.4. The average Bonchev–Trinajstić information content (AvgIpc) is 2.48. The first-order valence-electron chi connectivity index (χ1n) is 5.79. The van der Waals surface area contributed by atoms with Crippen LogP contribution in [0.25, 0.3) is 0 Å². The molecule has 1 atom stereocenters. The minimum atomic E-state index is -0.453. The van der Waals surface area contributed by atoms with Crippen LogP contribution in [-0.4, -0.2) is 22.7 Å². The summed E-state index contributed by atoms with van der Waals surface area (Å²) in [7, 11) is 0. The van der Waals surface area contributed by atoms with Crippen molar-refractivity contribution in [3.05, 3.63) is 35.9 Å². The monoisotopic (exact) mass is 234 g/mol. The molecule has 4 heteroatoms. The Morgan fingerprint density at radius 2 is 2.00 bits per heavy atom. The van der Waals surface area contributed by atoms with E-state index in [4.69, 9.17) is 4.84 Å². The van der Waals surface area contributed by atoms with E-state index in [0.29, 0.717) is 6.61 Å². The van der Waals surface area contributed by atoms with Crippen molar-refractivity contribution in [2.24, 2.45) is 0 Å². The second kappa shape index (κ2) is 4.47. The van der Waals surface area contributed by atoms with Gasteiger partial charge in [-0.1, -0.05) is 30.3 Å². The second-order valence-electron chi connectivity index (χ2n) is 4.82. The summed E-state index contributed by atoms with van der Waals surface area (Å²) in [6, 6.07) is 9.63. The summed E-state index contributed by atoms with van der Waals surface area (Å²) in [6.45, 7) is 6.11. The van der Waals surface area contributed by atoms with Crippen molar-refractivity contribution in [3.8, 4) is 0 Å². The van der Waals surface area contributed by atoms with Gasteiger partial charge in [0.15, 0.2) is 0 Å². The third kappa shape index (κ3) is 2.48. The molecule has 4 nitrogen and oxygen atoms in total. The van der Waals surface area contributed by atoms with Crippen LogP contribution in [0.3, 0.4) is 0 Å². The molecule has 1 heterocycles. The van der Waals surface area contributed by atoms with Crippen LogP contribution in [0.4, 0.5) is 0 Å². The van der Waals surface area contributed by atoms with E-state index in [0.717, 1.165) is 5.56 Å². The van der Waals surface area contributed by atoms with Gasteiger partial charge in [-0.3, -0.25) is 14.9 Å². The minimum Gasteiger partial charge on any atom is -0.282 e. The summed E-state index contributed by atoms with van der Waals surface area (Å²) < 4.78 is 0. The van der Waals surface area contributed by atoms with Crippen LogP contribution in [0.2, 0.25) is 0 Å². The Labute approximate surface area is 102 Å². The maximum absolute atomic E-state index is 11.9. The molecule has 1 aromatic rings. The van der Waals surface area contributed by atoms with Crippen molar-refractivity contribution in [1.82, 2.24) is 10.4 Å². The molecule has 0 bridgehead atoms. The molecule has 0 aliphatic carbocycles. The summed E-state index contributed by atoms with van der Waals surface area (Å²) in [5.74, 6) is -0.0223. The summed E-state index contributed by atoms with van der Waals surface area (Å²) in [6.07, 6.45) is 0. The first-order valence-corrected chi connectivity index (χ1v) is 5.79. The Morgan fingerprint density at radius 1 is 1.35 bits per heavy atom. The van der Waals surface area contributed by atoms with Crippen LogP contribution in [0.5, 0.6) is 0 Å². The molecule has 1 fully saturated rings. The van der Waals surface area contributed by atoms with Gasteiger partial charge in [-0.15, -0.1) is 0 Å². The normalized spacial score (nSPS) is 23.1. The first-order chi connectivity index (χ1) is 8.00. The zero-order chi connectivity index (χ0) is 12.5. The first kappa shape index (κ1) is 12.1. The molecule has 1 amide bonds. The van der Waals surface area contributed by atoms with Crippen molar-refractivity contribution in [2.75, 3.05) is 0 Å². The molecule has 1 aromatic carbocycles. The third-order valence-electron chi connectivity index (χ3n) is 2.85. The quantitative estimate of drug-likeness (QED) is 0.865. The highest BCUT2D eigenvalue weighted by atomic mass is 16.7. The van der Waals surface area contributed by atoms with Gasteiger partial charge < -0.3 is 0 Å². The maximum atomic E-state index is 11.9. The van der Waals surface area contributed by atoms with Gasteiger partial charge in [-0.25, -0.2) is 0 Å². The van der Waals surface area contributed by atoms with Crippen molar-refractivity contribution in [1.29, 1.82) is 0 Å². The molecule has 1 aliphatic rings. The number of carbonyl (C=O) groups excluding carboxylic acids is 1. The fourth-order valence-corrected chi connectivity index (χ4v) is 2.04. The molecule has 0 radical (unpaired) electrons. The number of benzene rings is 1. The van der Waals surface area contributed by atoms with Gasteiger partial charge in [0, 0.05) is 0 Å². The van der Waals surface area contributed by atoms with Crippen LogP contribution in [0.15, 0.2) is 30.3 Å². The number of rotatable bonds is 3. The highest BCUT2D eigenvalue weighted by Gasteiger charge is 2.43. The van der Waals surface area contributed by atoms with Gasteiger partial charge in [0.05, 0.1) is 6.04 Å². The molecular formula is C13H18N2O2. The predicted octanol–water partition coefficient (Wildman–Crippen LogP) is 1.67. The summed E-state index contributed by atoms with van der Waals surface area (Å²) >= 11 is 0. The van der Waals surface area contributed by atoms with E-state index in [-0.39, 0.29) is 11.9 Å². The largest absolute Gasteiger partial charge is 0.282 e. The number of hydrogen-bond acceptors (Lipinski definition) is 3. The molecule has 17 heavy (non-hydrogen) atoms. The fraction of sp³-hybridized carbons (Fsp3) is 0.462. The Hall–Kier alpha value is -1.39. The lowest BCUT2D eigenvalue weighted by atomic mass is 10.2. The van der Waals surface area contributed by atoms with E-state index >= 15 is 0 Å². The minimum absolute atomic E-state index is 0.0223. The molecule has 92 valence electrons. The van der Waals surface area contributed by atoms with E-state index in [9.17, 15) is 4.79 Å². The number of hydrogen-bond donors (Lipinski definition) is 1. The lowest BCUT2D eigenvalue weighted by Crippen LogP contribution is -2.46. The van der Waals surface area contributed by atoms with Gasteiger partial charge in [0.2, 0.25) is 0 Å². The SMILES string of the molecule is CC1NC(C)(C)N(OCc2ccccc2)C1=O. The van der Waals surface area contributed by atoms with Crippen molar-refractivity contribution in [3.63, 3.8) is 0 Å². The Morgan fingerprint density at radius 3 is 2.53 bits per heavy atom. The van der Waals surface area contributed by atoms with E-state index < -0.39 is 5.66 Å². The maximum Gasteiger partial charge on any atom is 0.264 e. The predicted molar refractivity (Wildman–Crippen MR) is 64.8 cm³/mol. The highest BCUT2D eigenvalue weighted by Crippen LogP contribution is 2.22. The average molecular weight is 234 g/mol. The number of hydroxylamine groups is 2. The van der Waals surface area contributed by atoms with Crippen LogP contribution in [0.1, 0.15) is 26.3 Å². The Bertz CT molecular complexity index is 403. The number of nitrogens with zero attached hydrogens (tertiary/aromatic N) is 1. The topological polar surface area (TPSA) is 41.6 Å². The Balaban J connectivity index is 2.02. The van der Waals surface area contributed by atoms with Gasteiger partial charge >= 0.3 is 0 Å². The summed E-state index contributed by atoms with van der Waals surface area (Å²) in [5.41, 5.74) is 0.598. The second-order valence-corrected chi connectivity index (χ2v) is 4.82. The molecular weight excluding hydrogens is 216 g/mol. The van der Waals surface area contributed by atoms with Crippen molar-refractivity contribution >= 4 is 5.91 Å². The molecule has 0 saturated carbocycles. The van der Waals surface area contributed by atoms with E-state index in [1.165, 1.54) is 5.06 Å². The molecule has 1 saturated heterocycles. The molecule has 1 N–H and O–H groups in total. The third-order valence-corrected chi connectivity index (χ3v) is 2.85. The van der Waals surface area contributed by atoms with Crippen LogP contribution < -0.4 is 5.32 Å². The van der Waals surface area contributed by atoms with E-state index in [2.05, 4.69) is 5.32 Å². The lowest BCUT2D eigenvalue weighted by molar-refractivity contribution is -0.212. The van der Waals surface area contributed by atoms with Gasteiger partial charge in [-0.05, 0) is 26.3 Å². The van der Waals surface area contributed by atoms with Crippen molar-refractivity contribution in [2.45, 2.75) is 39.1 Å². The molecule has 0 spiro atoms. The molecule has 0 aromatic heterocycles. The number of carbonyl (C=O) groups is 1. The summed E-state index contributed by atoms with van der Waals surface area (Å²) in [4.78, 5) is 17.5. The highest BCUT2D eigenvalue weighted by molar-refractivity contribution is 5.83. The van der Waals surface area contributed by atoms with Gasteiger partial charge in [-0.2, -0.15) is 5.06 Å². The van der Waals surface area contributed by atoms with Crippen molar-refractivity contribution < 1.29 is 9.63 Å². The smallest absolute Gasteiger partial charge is 0.264 e. The molecule has 1 aliphatic heterocycles. The number of nitrogens with one attached hydrogen (secondary N) is 1. The zero-order valence-corrected chi connectivity index (χ0v) is 10.4. The molecule has 2 rings (SSSR count). The van der Waals surface area contributed by atoms with Gasteiger partial charge in [0.25, 0.3) is 5.91 Å². The van der Waals surface area contributed by atoms with E-state index in [1.54, 1.807) is 0 Å². The lowest BCUT2D eigenvalue weighted by Gasteiger charge is -2.29. The molecule has 1 unspecified atom stereocenters. The van der Waals surface area contributed by atoms with Crippen LogP contribution in [0, 0.1) is 0 Å². The van der Waals surface area contributed by atoms with Gasteiger partial charge in [0.1, 0.15) is 12.3 Å². The summed E-state index contributed by atoms with van der Waals surface area (Å²) in [5, 5.41) is 4.62. The van der Waals surface area contributed by atoms with Crippen LogP contribution in [-0.2, 0) is 16.2 Å². The van der Waals surface area contributed by atoms with Crippen LogP contribution >= 0.6 is 0 Å².